The van der Waals surface area contributed by atoms with Crippen molar-refractivity contribution in [3.63, 3.8) is 0 Å². The van der Waals surface area contributed by atoms with Gasteiger partial charge in [-0.05, 0) is 44.7 Å². The van der Waals surface area contributed by atoms with Crippen LogP contribution >= 0.6 is 0 Å². The third-order valence-electron chi connectivity index (χ3n) is 5.98. The van der Waals surface area contributed by atoms with E-state index < -0.39 is 0 Å². The Balaban J connectivity index is 1.55. The van der Waals surface area contributed by atoms with E-state index in [1.807, 2.05) is 7.05 Å². The fraction of sp³-hybridized carbons (Fsp3) is 0.944. The van der Waals surface area contributed by atoms with Crippen molar-refractivity contribution in [1.29, 1.82) is 0 Å². The molecule has 2 unspecified atom stereocenters. The SMILES string of the molecule is CN=C(NCC(C(C)C)N1CCCC1)N1CCC2(CCOC2)C1. The highest BCUT2D eigenvalue weighted by atomic mass is 16.5. The summed E-state index contributed by atoms with van der Waals surface area (Å²) < 4.78 is 5.65. The zero-order valence-corrected chi connectivity index (χ0v) is 15.2. The number of ether oxygens (including phenoxy) is 1. The Morgan fingerprint density at radius 1 is 1.22 bits per heavy atom. The second-order valence-electron chi connectivity index (χ2n) is 7.96. The van der Waals surface area contributed by atoms with Gasteiger partial charge in [-0.2, -0.15) is 0 Å². The molecule has 3 rings (SSSR count). The van der Waals surface area contributed by atoms with Gasteiger partial charge in [0.15, 0.2) is 5.96 Å². The molecule has 1 N–H and O–H groups in total. The summed E-state index contributed by atoms with van der Waals surface area (Å²) in [5.74, 6) is 1.76. The number of rotatable bonds is 4. The lowest BCUT2D eigenvalue weighted by Gasteiger charge is -2.33. The third-order valence-corrected chi connectivity index (χ3v) is 5.98. The Morgan fingerprint density at radius 2 is 2.00 bits per heavy atom. The molecule has 3 saturated heterocycles. The molecule has 1 spiro atoms. The van der Waals surface area contributed by atoms with E-state index in [-0.39, 0.29) is 0 Å². The van der Waals surface area contributed by atoms with Gasteiger partial charge in [-0.25, -0.2) is 0 Å². The minimum absolute atomic E-state index is 0.393. The second-order valence-corrected chi connectivity index (χ2v) is 7.96. The maximum atomic E-state index is 5.65. The van der Waals surface area contributed by atoms with E-state index in [1.165, 1.54) is 38.8 Å². The van der Waals surface area contributed by atoms with Crippen LogP contribution in [0.5, 0.6) is 0 Å². The molecule has 0 saturated carbocycles. The molecule has 23 heavy (non-hydrogen) atoms. The molecule has 0 aromatic rings. The van der Waals surface area contributed by atoms with E-state index in [2.05, 4.69) is 34.0 Å². The van der Waals surface area contributed by atoms with E-state index in [9.17, 15) is 0 Å². The molecule has 5 heteroatoms. The highest BCUT2D eigenvalue weighted by Gasteiger charge is 2.42. The fourth-order valence-electron chi connectivity index (χ4n) is 4.48. The van der Waals surface area contributed by atoms with E-state index in [1.54, 1.807) is 0 Å². The van der Waals surface area contributed by atoms with E-state index in [0.29, 0.717) is 17.4 Å². The van der Waals surface area contributed by atoms with Crippen molar-refractivity contribution in [2.45, 2.75) is 45.6 Å². The third kappa shape index (κ3) is 3.82. The topological polar surface area (TPSA) is 40.1 Å². The van der Waals surface area contributed by atoms with Gasteiger partial charge in [0.05, 0.1) is 6.61 Å². The highest BCUT2D eigenvalue weighted by molar-refractivity contribution is 5.80. The molecular weight excluding hydrogens is 288 g/mol. The van der Waals surface area contributed by atoms with Crippen LogP contribution in [0.15, 0.2) is 4.99 Å². The van der Waals surface area contributed by atoms with E-state index >= 15 is 0 Å². The minimum atomic E-state index is 0.393. The largest absolute Gasteiger partial charge is 0.381 e. The summed E-state index contributed by atoms with van der Waals surface area (Å²) in [6.45, 7) is 12.3. The average molecular weight is 322 g/mol. The Labute approximate surface area is 141 Å². The molecule has 2 atom stereocenters. The quantitative estimate of drug-likeness (QED) is 0.633. The summed E-state index contributed by atoms with van der Waals surface area (Å²) >= 11 is 0. The zero-order chi connectivity index (χ0) is 16.3. The van der Waals surface area contributed by atoms with Crippen LogP contribution in [0.2, 0.25) is 0 Å². The summed E-state index contributed by atoms with van der Waals surface area (Å²) in [7, 11) is 1.92. The van der Waals surface area contributed by atoms with Crippen molar-refractivity contribution in [3.05, 3.63) is 0 Å². The predicted molar refractivity (Wildman–Crippen MR) is 94.9 cm³/mol. The molecule has 0 aromatic carbocycles. The van der Waals surface area contributed by atoms with Gasteiger partial charge in [0.25, 0.3) is 0 Å². The van der Waals surface area contributed by atoms with Crippen molar-refractivity contribution in [3.8, 4) is 0 Å². The number of hydrogen-bond donors (Lipinski definition) is 1. The summed E-state index contributed by atoms with van der Waals surface area (Å²) in [5, 5.41) is 3.67. The first-order valence-corrected chi connectivity index (χ1v) is 9.41. The van der Waals surface area contributed by atoms with Crippen LogP contribution in [0.1, 0.15) is 39.5 Å². The van der Waals surface area contributed by atoms with Crippen molar-refractivity contribution in [2.24, 2.45) is 16.3 Å². The van der Waals surface area contributed by atoms with Crippen LogP contribution in [-0.4, -0.2) is 74.8 Å². The average Bonchev–Trinajstić information content (AvgIpc) is 3.27. The van der Waals surface area contributed by atoms with Gasteiger partial charge in [-0.3, -0.25) is 9.89 Å². The molecule has 3 fully saturated rings. The van der Waals surface area contributed by atoms with Gasteiger partial charge in [0.1, 0.15) is 0 Å². The lowest BCUT2D eigenvalue weighted by Crippen LogP contribution is -2.49. The Kier molecular flexibility index (Phi) is 5.47. The molecule has 3 heterocycles. The lowest BCUT2D eigenvalue weighted by molar-refractivity contribution is 0.156. The van der Waals surface area contributed by atoms with Crippen LogP contribution in [0, 0.1) is 11.3 Å². The predicted octanol–water partition coefficient (Wildman–Crippen LogP) is 1.79. The smallest absolute Gasteiger partial charge is 0.193 e. The number of aliphatic imine (C=N–C) groups is 1. The first-order chi connectivity index (χ1) is 11.1. The van der Waals surface area contributed by atoms with Gasteiger partial charge in [0.2, 0.25) is 0 Å². The van der Waals surface area contributed by atoms with Gasteiger partial charge >= 0.3 is 0 Å². The number of likely N-dealkylation sites (tertiary alicyclic amines) is 2. The van der Waals surface area contributed by atoms with Crippen molar-refractivity contribution >= 4 is 5.96 Å². The summed E-state index contributed by atoms with van der Waals surface area (Å²) in [6.07, 6.45) is 5.16. The number of guanidine groups is 1. The molecule has 0 amide bonds. The Bertz CT molecular complexity index is 411. The Hall–Kier alpha value is -0.810. The molecule has 0 aliphatic carbocycles. The molecule has 3 aliphatic heterocycles. The zero-order valence-electron chi connectivity index (χ0n) is 15.2. The molecule has 5 nitrogen and oxygen atoms in total. The lowest BCUT2D eigenvalue weighted by atomic mass is 9.87. The summed E-state index contributed by atoms with van der Waals surface area (Å²) in [6, 6.07) is 0.612. The van der Waals surface area contributed by atoms with Crippen LogP contribution < -0.4 is 5.32 Å². The summed E-state index contributed by atoms with van der Waals surface area (Å²) in [5.41, 5.74) is 0.393. The number of hydrogen-bond acceptors (Lipinski definition) is 3. The van der Waals surface area contributed by atoms with Crippen molar-refractivity contribution < 1.29 is 4.74 Å². The Morgan fingerprint density at radius 3 is 2.61 bits per heavy atom. The van der Waals surface area contributed by atoms with Crippen molar-refractivity contribution in [1.82, 2.24) is 15.1 Å². The van der Waals surface area contributed by atoms with Crippen LogP contribution in [0.25, 0.3) is 0 Å². The normalized spacial score (nSPS) is 30.8. The molecule has 0 aromatic heterocycles. The number of nitrogens with zero attached hydrogens (tertiary/aromatic N) is 3. The first kappa shape index (κ1) is 17.0. The minimum Gasteiger partial charge on any atom is -0.381 e. The molecule has 3 aliphatic rings. The van der Waals surface area contributed by atoms with Gasteiger partial charge in [-0.15, -0.1) is 0 Å². The van der Waals surface area contributed by atoms with Crippen LogP contribution in [-0.2, 0) is 4.74 Å². The first-order valence-electron chi connectivity index (χ1n) is 9.41. The maximum absolute atomic E-state index is 5.65. The second kappa shape index (κ2) is 7.39. The van der Waals surface area contributed by atoms with E-state index in [0.717, 1.165) is 38.8 Å². The molecule has 0 radical (unpaired) electrons. The molecule has 0 bridgehead atoms. The number of nitrogens with one attached hydrogen (secondary N) is 1. The van der Waals surface area contributed by atoms with Crippen LogP contribution in [0.4, 0.5) is 0 Å². The van der Waals surface area contributed by atoms with Gasteiger partial charge in [0, 0.05) is 44.7 Å². The van der Waals surface area contributed by atoms with Crippen LogP contribution in [0.3, 0.4) is 0 Å². The fourth-order valence-corrected chi connectivity index (χ4v) is 4.48. The highest BCUT2D eigenvalue weighted by Crippen LogP contribution is 2.38. The van der Waals surface area contributed by atoms with Gasteiger partial charge < -0.3 is 15.0 Å². The van der Waals surface area contributed by atoms with Crippen molar-refractivity contribution in [2.75, 3.05) is 53.0 Å². The molecular formula is C18H34N4O. The monoisotopic (exact) mass is 322 g/mol. The molecule has 132 valence electrons. The standard InChI is InChI=1S/C18H34N4O/c1-15(2)16(21-8-4-5-9-21)12-20-17(19-3)22-10-6-18(13-22)7-11-23-14-18/h15-16H,4-14H2,1-3H3,(H,19,20). The maximum Gasteiger partial charge on any atom is 0.193 e. The summed E-state index contributed by atoms with van der Waals surface area (Å²) in [4.78, 5) is 9.65. The van der Waals surface area contributed by atoms with E-state index in [4.69, 9.17) is 4.74 Å². The van der Waals surface area contributed by atoms with Gasteiger partial charge in [-0.1, -0.05) is 13.8 Å².